The Morgan fingerprint density at radius 3 is 2.59 bits per heavy atom. The fourth-order valence-corrected chi connectivity index (χ4v) is 3.31. The Hall–Kier alpha value is -2.64. The number of carbonyl (C=O) groups excluding carboxylic acids is 1. The number of nitro groups is 1. The maximum Gasteiger partial charge on any atom is 0.269 e. The molecule has 2 aromatic rings. The van der Waals surface area contributed by atoms with Crippen molar-refractivity contribution in [2.24, 2.45) is 17.6 Å². The first-order valence-corrected chi connectivity index (χ1v) is 8.60. The molecule has 2 atom stereocenters. The summed E-state index contributed by atoms with van der Waals surface area (Å²) in [5, 5.41) is 13.6. The van der Waals surface area contributed by atoms with Gasteiger partial charge in [0.15, 0.2) is 0 Å². The Kier molecular flexibility index (Phi) is 7.15. The fourth-order valence-electron chi connectivity index (χ4n) is 3.31. The predicted octanol–water partition coefficient (Wildman–Crippen LogP) is 4.12. The van der Waals surface area contributed by atoms with Gasteiger partial charge in [0, 0.05) is 29.8 Å². The largest absolute Gasteiger partial charge is 0.457 e. The lowest BCUT2D eigenvalue weighted by atomic mass is 9.95. The summed E-state index contributed by atoms with van der Waals surface area (Å²) in [7, 11) is 0. The number of carbonyl (C=O) groups is 1. The van der Waals surface area contributed by atoms with Gasteiger partial charge in [-0.15, -0.1) is 12.4 Å². The Labute approximate surface area is 163 Å². The van der Waals surface area contributed by atoms with Gasteiger partial charge in [-0.3, -0.25) is 14.9 Å². The molecule has 8 heteroatoms. The van der Waals surface area contributed by atoms with Gasteiger partial charge in [-0.25, -0.2) is 0 Å². The summed E-state index contributed by atoms with van der Waals surface area (Å²) >= 11 is 0. The van der Waals surface area contributed by atoms with Gasteiger partial charge in [0.2, 0.25) is 5.91 Å². The molecule has 2 aromatic carbocycles. The highest BCUT2D eigenvalue weighted by Gasteiger charge is 2.31. The third-order valence-corrected chi connectivity index (χ3v) is 4.68. The molecule has 144 valence electrons. The summed E-state index contributed by atoms with van der Waals surface area (Å²) in [5.41, 5.74) is 6.41. The molecule has 0 aromatic heterocycles. The molecule has 1 aliphatic carbocycles. The minimum absolute atomic E-state index is 0. The van der Waals surface area contributed by atoms with Crippen molar-refractivity contribution in [3.63, 3.8) is 0 Å². The summed E-state index contributed by atoms with van der Waals surface area (Å²) in [6, 6.07) is 12.9. The lowest BCUT2D eigenvalue weighted by Crippen LogP contribution is -2.29. The molecule has 1 saturated carbocycles. The van der Waals surface area contributed by atoms with Crippen molar-refractivity contribution in [2.45, 2.75) is 19.3 Å². The number of hydrogen-bond donors (Lipinski definition) is 2. The van der Waals surface area contributed by atoms with Crippen molar-refractivity contribution >= 4 is 29.7 Å². The number of ether oxygens (including phenoxy) is 1. The summed E-state index contributed by atoms with van der Waals surface area (Å²) in [6.45, 7) is 0.529. The average molecular weight is 392 g/mol. The molecule has 27 heavy (non-hydrogen) atoms. The Balaban J connectivity index is 0.00000261. The van der Waals surface area contributed by atoms with Crippen LogP contribution in [-0.2, 0) is 4.79 Å². The Morgan fingerprint density at radius 2 is 1.93 bits per heavy atom. The van der Waals surface area contributed by atoms with E-state index in [1.807, 2.05) is 0 Å². The van der Waals surface area contributed by atoms with Crippen molar-refractivity contribution in [1.82, 2.24) is 0 Å². The number of nitro benzene ring substituents is 1. The van der Waals surface area contributed by atoms with E-state index < -0.39 is 4.92 Å². The molecule has 0 aliphatic heterocycles. The van der Waals surface area contributed by atoms with E-state index in [4.69, 9.17) is 10.5 Å². The Morgan fingerprint density at radius 1 is 1.19 bits per heavy atom. The lowest BCUT2D eigenvalue weighted by molar-refractivity contribution is -0.384. The topological polar surface area (TPSA) is 107 Å². The molecule has 0 spiro atoms. The second kappa shape index (κ2) is 9.34. The molecule has 1 fully saturated rings. The summed E-state index contributed by atoms with van der Waals surface area (Å²) in [5.74, 6) is 1.22. The maximum absolute atomic E-state index is 12.5. The van der Waals surface area contributed by atoms with E-state index in [-0.39, 0.29) is 35.8 Å². The first-order valence-electron chi connectivity index (χ1n) is 8.60. The standard InChI is InChI=1S/C19H21N3O4.ClH/c20-12-13-3-1-6-18(13)19(23)21-14-4-2-5-17(11-14)26-16-9-7-15(8-10-16)22(24)25;/h2,4-5,7-11,13,18H,1,3,6,12,20H2,(H,21,23);1H/t13-,18-;/m1./s1. The number of nitrogens with two attached hydrogens (primary N) is 1. The predicted molar refractivity (Wildman–Crippen MR) is 105 cm³/mol. The van der Waals surface area contributed by atoms with Crippen LogP contribution in [0.15, 0.2) is 48.5 Å². The van der Waals surface area contributed by atoms with Crippen LogP contribution in [0.1, 0.15) is 19.3 Å². The first-order chi connectivity index (χ1) is 12.6. The lowest BCUT2D eigenvalue weighted by Gasteiger charge is -2.17. The van der Waals surface area contributed by atoms with Gasteiger partial charge in [-0.1, -0.05) is 12.5 Å². The zero-order chi connectivity index (χ0) is 18.5. The number of rotatable bonds is 6. The molecule has 0 heterocycles. The maximum atomic E-state index is 12.5. The molecule has 1 aliphatic rings. The highest BCUT2D eigenvalue weighted by atomic mass is 35.5. The number of anilines is 1. The number of amides is 1. The molecule has 7 nitrogen and oxygen atoms in total. The number of benzene rings is 2. The number of halogens is 1. The van der Waals surface area contributed by atoms with Crippen molar-refractivity contribution in [1.29, 1.82) is 0 Å². The molecule has 0 radical (unpaired) electrons. The van der Waals surface area contributed by atoms with E-state index in [1.54, 1.807) is 24.3 Å². The normalized spacial score (nSPS) is 18.4. The van der Waals surface area contributed by atoms with Gasteiger partial charge in [-0.2, -0.15) is 0 Å². The third kappa shape index (κ3) is 5.18. The van der Waals surface area contributed by atoms with Gasteiger partial charge in [0.25, 0.3) is 5.69 Å². The van der Waals surface area contributed by atoms with Gasteiger partial charge in [0.05, 0.1) is 4.92 Å². The van der Waals surface area contributed by atoms with Crippen LogP contribution in [0.3, 0.4) is 0 Å². The van der Waals surface area contributed by atoms with Crippen LogP contribution in [0, 0.1) is 22.0 Å². The van der Waals surface area contributed by atoms with Crippen molar-refractivity contribution in [3.05, 3.63) is 58.6 Å². The minimum Gasteiger partial charge on any atom is -0.457 e. The zero-order valence-corrected chi connectivity index (χ0v) is 15.5. The van der Waals surface area contributed by atoms with Crippen LogP contribution in [0.5, 0.6) is 11.5 Å². The number of hydrogen-bond acceptors (Lipinski definition) is 5. The van der Waals surface area contributed by atoms with Crippen LogP contribution in [-0.4, -0.2) is 17.4 Å². The van der Waals surface area contributed by atoms with E-state index in [2.05, 4.69) is 5.32 Å². The smallest absolute Gasteiger partial charge is 0.269 e. The van der Waals surface area contributed by atoms with Crippen LogP contribution in [0.2, 0.25) is 0 Å². The van der Waals surface area contributed by atoms with E-state index in [0.717, 1.165) is 19.3 Å². The second-order valence-corrected chi connectivity index (χ2v) is 6.40. The molecule has 0 unspecified atom stereocenters. The number of nitrogens with zero attached hydrogens (tertiary/aromatic N) is 1. The second-order valence-electron chi connectivity index (χ2n) is 6.40. The number of nitrogens with one attached hydrogen (secondary N) is 1. The SMILES string of the molecule is Cl.NC[C@H]1CCC[C@H]1C(=O)Nc1cccc(Oc2ccc([N+](=O)[O-])cc2)c1. The van der Waals surface area contributed by atoms with E-state index in [9.17, 15) is 14.9 Å². The van der Waals surface area contributed by atoms with Gasteiger partial charge in [0.1, 0.15) is 11.5 Å². The summed E-state index contributed by atoms with van der Waals surface area (Å²) in [4.78, 5) is 22.7. The zero-order valence-electron chi connectivity index (χ0n) is 14.7. The average Bonchev–Trinajstić information content (AvgIpc) is 3.11. The van der Waals surface area contributed by atoms with Crippen molar-refractivity contribution in [2.75, 3.05) is 11.9 Å². The number of non-ortho nitro benzene ring substituents is 1. The van der Waals surface area contributed by atoms with E-state index >= 15 is 0 Å². The molecular weight excluding hydrogens is 370 g/mol. The van der Waals surface area contributed by atoms with Crippen LogP contribution < -0.4 is 15.8 Å². The monoisotopic (exact) mass is 391 g/mol. The van der Waals surface area contributed by atoms with E-state index in [0.29, 0.717) is 23.7 Å². The first kappa shape index (κ1) is 20.7. The third-order valence-electron chi connectivity index (χ3n) is 4.68. The molecule has 3 N–H and O–H groups in total. The molecule has 1 amide bonds. The van der Waals surface area contributed by atoms with Gasteiger partial charge in [-0.05, 0) is 49.6 Å². The molecule has 3 rings (SSSR count). The Bertz CT molecular complexity index is 798. The fraction of sp³-hybridized carbons (Fsp3) is 0.316. The van der Waals surface area contributed by atoms with Crippen molar-refractivity contribution < 1.29 is 14.5 Å². The van der Waals surface area contributed by atoms with Crippen LogP contribution in [0.25, 0.3) is 0 Å². The van der Waals surface area contributed by atoms with E-state index in [1.165, 1.54) is 24.3 Å². The highest BCUT2D eigenvalue weighted by Crippen LogP contribution is 2.32. The van der Waals surface area contributed by atoms with Crippen LogP contribution >= 0.6 is 12.4 Å². The molecular formula is C19H22ClN3O4. The quantitative estimate of drug-likeness (QED) is 0.568. The highest BCUT2D eigenvalue weighted by molar-refractivity contribution is 5.93. The summed E-state index contributed by atoms with van der Waals surface area (Å²) < 4.78 is 5.71. The summed E-state index contributed by atoms with van der Waals surface area (Å²) in [6.07, 6.45) is 2.90. The van der Waals surface area contributed by atoms with Gasteiger partial charge >= 0.3 is 0 Å². The molecule has 0 saturated heterocycles. The van der Waals surface area contributed by atoms with Crippen molar-refractivity contribution in [3.8, 4) is 11.5 Å². The minimum atomic E-state index is -0.461. The van der Waals surface area contributed by atoms with Crippen LogP contribution in [0.4, 0.5) is 11.4 Å². The van der Waals surface area contributed by atoms with Gasteiger partial charge < -0.3 is 15.8 Å². The molecule has 0 bridgehead atoms.